The molecule has 0 bridgehead atoms. The van der Waals surface area contributed by atoms with E-state index in [0.29, 0.717) is 22.6 Å². The van der Waals surface area contributed by atoms with Crippen LogP contribution in [-0.2, 0) is 32.1 Å². The van der Waals surface area contributed by atoms with Crippen LogP contribution in [0, 0.1) is 13.8 Å². The molecule has 0 saturated carbocycles. The first-order valence-corrected chi connectivity index (χ1v) is 13.8. The van der Waals surface area contributed by atoms with Gasteiger partial charge in [0.25, 0.3) is 11.8 Å². The molecule has 39 heavy (non-hydrogen) atoms. The SMILES string of the molecule is CCc1cc(Cc2cc(CC)c(NC(=O)c3ccoc3C)c(CC)c2)cc(CC)c1NC(=O)c1ccoc1C. The Kier molecular flexibility index (Phi) is 8.75. The minimum Gasteiger partial charge on any atom is -0.469 e. The second-order valence-electron chi connectivity index (χ2n) is 9.86. The summed E-state index contributed by atoms with van der Waals surface area (Å²) >= 11 is 0. The van der Waals surface area contributed by atoms with E-state index < -0.39 is 0 Å². The molecule has 0 radical (unpaired) electrons. The highest BCUT2D eigenvalue weighted by Gasteiger charge is 2.19. The van der Waals surface area contributed by atoms with Crippen molar-refractivity contribution < 1.29 is 18.4 Å². The summed E-state index contributed by atoms with van der Waals surface area (Å²) in [5.41, 5.74) is 9.77. The van der Waals surface area contributed by atoms with Crippen LogP contribution in [-0.4, -0.2) is 11.8 Å². The van der Waals surface area contributed by atoms with Crippen molar-refractivity contribution in [2.24, 2.45) is 0 Å². The number of carbonyl (C=O) groups is 2. The zero-order chi connectivity index (χ0) is 28.1. The molecule has 0 aliphatic rings. The van der Waals surface area contributed by atoms with E-state index in [1.54, 1.807) is 38.5 Å². The summed E-state index contributed by atoms with van der Waals surface area (Å²) in [4.78, 5) is 25.9. The predicted octanol–water partition coefficient (Wildman–Crippen LogP) is 7.83. The van der Waals surface area contributed by atoms with E-state index >= 15 is 0 Å². The summed E-state index contributed by atoms with van der Waals surface area (Å²) in [6.07, 6.45) is 7.07. The van der Waals surface area contributed by atoms with Crippen molar-refractivity contribution in [1.29, 1.82) is 0 Å². The fourth-order valence-electron chi connectivity index (χ4n) is 5.16. The molecule has 204 valence electrons. The number of nitrogens with one attached hydrogen (secondary N) is 2. The molecule has 0 atom stereocenters. The number of aryl methyl sites for hydroxylation is 6. The maximum absolute atomic E-state index is 12.9. The lowest BCUT2D eigenvalue weighted by Gasteiger charge is -2.19. The van der Waals surface area contributed by atoms with Gasteiger partial charge in [-0.2, -0.15) is 0 Å². The fraction of sp³-hybridized carbons (Fsp3) is 0.333. The van der Waals surface area contributed by atoms with Gasteiger partial charge in [0.15, 0.2) is 0 Å². The molecule has 6 nitrogen and oxygen atoms in total. The number of anilines is 2. The molecule has 2 amide bonds. The van der Waals surface area contributed by atoms with Gasteiger partial charge in [-0.15, -0.1) is 0 Å². The molecule has 4 rings (SSSR count). The minimum atomic E-state index is -0.151. The van der Waals surface area contributed by atoms with E-state index in [1.165, 1.54) is 11.1 Å². The smallest absolute Gasteiger partial charge is 0.259 e. The summed E-state index contributed by atoms with van der Waals surface area (Å²) in [7, 11) is 0. The number of furan rings is 2. The van der Waals surface area contributed by atoms with E-state index in [1.807, 2.05) is 0 Å². The van der Waals surface area contributed by atoms with E-state index in [0.717, 1.165) is 65.7 Å². The Morgan fingerprint density at radius 1 is 0.615 bits per heavy atom. The second-order valence-corrected chi connectivity index (χ2v) is 9.86. The van der Waals surface area contributed by atoms with Crippen molar-refractivity contribution in [3.05, 3.63) is 105 Å². The van der Waals surface area contributed by atoms with E-state index in [4.69, 9.17) is 8.83 Å². The highest BCUT2D eigenvalue weighted by Crippen LogP contribution is 2.30. The molecular weight excluding hydrogens is 488 g/mol. The first kappa shape index (κ1) is 28.0. The molecule has 4 aromatic rings. The quantitative estimate of drug-likeness (QED) is 0.220. The molecule has 0 saturated heterocycles. The van der Waals surface area contributed by atoms with Gasteiger partial charge >= 0.3 is 0 Å². The summed E-state index contributed by atoms with van der Waals surface area (Å²) in [6, 6.07) is 12.2. The first-order chi connectivity index (χ1) is 18.8. The molecular formula is C33H38N2O4. The zero-order valence-corrected chi connectivity index (χ0v) is 23.8. The Morgan fingerprint density at radius 3 is 1.21 bits per heavy atom. The van der Waals surface area contributed by atoms with Crippen LogP contribution in [0.3, 0.4) is 0 Å². The number of carbonyl (C=O) groups excluding carboxylic acids is 2. The monoisotopic (exact) mass is 526 g/mol. The third kappa shape index (κ3) is 6.00. The van der Waals surface area contributed by atoms with Crippen LogP contribution in [0.1, 0.15) is 93.3 Å². The average molecular weight is 527 g/mol. The van der Waals surface area contributed by atoms with Gasteiger partial charge in [-0.05, 0) is 91.5 Å². The lowest BCUT2D eigenvalue weighted by atomic mass is 9.92. The maximum Gasteiger partial charge on any atom is 0.259 e. The standard InChI is InChI=1S/C33H38N2O4/c1-7-24-16-22(17-25(8-2)30(24)34-32(36)28-11-13-38-20(28)5)15-23-18-26(9-3)31(27(10-4)19-23)35-33(37)29-12-14-39-21(29)6/h11-14,16-19H,7-10,15H2,1-6H3,(H,34,36)(H,35,37). The third-order valence-corrected chi connectivity index (χ3v) is 7.34. The van der Waals surface area contributed by atoms with Gasteiger partial charge in [0, 0.05) is 11.4 Å². The molecule has 0 spiro atoms. The van der Waals surface area contributed by atoms with Gasteiger partial charge in [0.05, 0.1) is 23.7 Å². The van der Waals surface area contributed by atoms with Gasteiger partial charge < -0.3 is 19.5 Å². The minimum absolute atomic E-state index is 0.151. The average Bonchev–Trinajstić information content (AvgIpc) is 3.57. The van der Waals surface area contributed by atoms with E-state index in [-0.39, 0.29) is 11.8 Å². The molecule has 2 aromatic carbocycles. The fourth-order valence-corrected chi connectivity index (χ4v) is 5.16. The zero-order valence-electron chi connectivity index (χ0n) is 23.8. The van der Waals surface area contributed by atoms with Crippen LogP contribution in [0.5, 0.6) is 0 Å². The second kappa shape index (κ2) is 12.2. The normalized spacial score (nSPS) is 11.0. The Bertz CT molecular complexity index is 1330. The molecule has 2 heterocycles. The van der Waals surface area contributed by atoms with Crippen LogP contribution in [0.2, 0.25) is 0 Å². The Hall–Kier alpha value is -4.06. The summed E-state index contributed by atoms with van der Waals surface area (Å²) < 4.78 is 10.6. The highest BCUT2D eigenvalue weighted by atomic mass is 16.3. The third-order valence-electron chi connectivity index (χ3n) is 7.34. The van der Waals surface area contributed by atoms with E-state index in [2.05, 4.69) is 62.6 Å². The summed E-state index contributed by atoms with van der Waals surface area (Å²) in [5, 5.41) is 6.29. The van der Waals surface area contributed by atoms with Gasteiger partial charge in [-0.1, -0.05) is 52.0 Å². The van der Waals surface area contributed by atoms with Gasteiger partial charge in [-0.25, -0.2) is 0 Å². The van der Waals surface area contributed by atoms with Crippen LogP contribution in [0.4, 0.5) is 11.4 Å². The maximum atomic E-state index is 12.9. The van der Waals surface area contributed by atoms with Crippen molar-refractivity contribution in [3.8, 4) is 0 Å². The number of hydrogen-bond acceptors (Lipinski definition) is 4. The van der Waals surface area contributed by atoms with Crippen LogP contribution >= 0.6 is 0 Å². The highest BCUT2D eigenvalue weighted by molar-refractivity contribution is 6.06. The molecule has 2 N–H and O–H groups in total. The van der Waals surface area contributed by atoms with Crippen molar-refractivity contribution in [2.75, 3.05) is 10.6 Å². The van der Waals surface area contributed by atoms with Crippen LogP contribution in [0.25, 0.3) is 0 Å². The molecule has 0 aliphatic carbocycles. The predicted molar refractivity (Wildman–Crippen MR) is 156 cm³/mol. The molecule has 0 aliphatic heterocycles. The topological polar surface area (TPSA) is 84.5 Å². The van der Waals surface area contributed by atoms with Crippen molar-refractivity contribution in [3.63, 3.8) is 0 Å². The van der Waals surface area contributed by atoms with Crippen molar-refractivity contribution in [2.45, 2.75) is 73.6 Å². The van der Waals surface area contributed by atoms with Gasteiger partial charge in [0.1, 0.15) is 11.5 Å². The molecule has 0 fully saturated rings. The number of hydrogen-bond donors (Lipinski definition) is 2. The number of benzene rings is 2. The van der Waals surface area contributed by atoms with E-state index in [9.17, 15) is 9.59 Å². The van der Waals surface area contributed by atoms with Crippen molar-refractivity contribution >= 4 is 23.2 Å². The molecule has 2 aromatic heterocycles. The Balaban J connectivity index is 1.64. The Morgan fingerprint density at radius 2 is 0.949 bits per heavy atom. The largest absolute Gasteiger partial charge is 0.469 e. The molecule has 6 heteroatoms. The van der Waals surface area contributed by atoms with Gasteiger partial charge in [0.2, 0.25) is 0 Å². The van der Waals surface area contributed by atoms with Crippen molar-refractivity contribution in [1.82, 2.24) is 0 Å². The lowest BCUT2D eigenvalue weighted by Crippen LogP contribution is -2.16. The van der Waals surface area contributed by atoms with Crippen LogP contribution < -0.4 is 10.6 Å². The van der Waals surface area contributed by atoms with Crippen LogP contribution in [0.15, 0.2) is 57.8 Å². The first-order valence-electron chi connectivity index (χ1n) is 13.8. The lowest BCUT2D eigenvalue weighted by molar-refractivity contribution is 0.101. The number of amides is 2. The Labute approximate surface area is 230 Å². The number of rotatable bonds is 10. The summed E-state index contributed by atoms with van der Waals surface area (Å²) in [5.74, 6) is 0.917. The molecule has 0 unspecified atom stereocenters. The van der Waals surface area contributed by atoms with Gasteiger partial charge in [-0.3, -0.25) is 9.59 Å². The summed E-state index contributed by atoms with van der Waals surface area (Å²) in [6.45, 7) is 12.0.